The van der Waals surface area contributed by atoms with Gasteiger partial charge in [-0.1, -0.05) is 18.2 Å². The molecular formula is C12H11N3O2. The SMILES string of the molecule is Nc1c2c(nc(=O)n1-c1ccccc1)OCC2. The molecule has 5 nitrogen and oxygen atoms in total. The zero-order valence-corrected chi connectivity index (χ0v) is 9.09. The zero-order chi connectivity index (χ0) is 11.8. The summed E-state index contributed by atoms with van der Waals surface area (Å²) in [6, 6.07) is 9.23. The average Bonchev–Trinajstić information content (AvgIpc) is 2.78. The number of anilines is 1. The highest BCUT2D eigenvalue weighted by Crippen LogP contribution is 2.27. The van der Waals surface area contributed by atoms with Crippen LogP contribution in [-0.4, -0.2) is 16.2 Å². The van der Waals surface area contributed by atoms with Gasteiger partial charge in [-0.2, -0.15) is 4.98 Å². The molecule has 3 rings (SSSR count). The Balaban J connectivity index is 2.28. The molecule has 0 aliphatic carbocycles. The third kappa shape index (κ3) is 1.47. The van der Waals surface area contributed by atoms with Crippen molar-refractivity contribution in [3.05, 3.63) is 46.4 Å². The number of benzene rings is 1. The zero-order valence-electron chi connectivity index (χ0n) is 9.09. The van der Waals surface area contributed by atoms with E-state index < -0.39 is 5.69 Å². The maximum absolute atomic E-state index is 11.9. The summed E-state index contributed by atoms with van der Waals surface area (Å²) in [6.07, 6.45) is 0.696. The molecule has 1 aliphatic heterocycles. The summed E-state index contributed by atoms with van der Waals surface area (Å²) < 4.78 is 6.66. The van der Waals surface area contributed by atoms with E-state index in [4.69, 9.17) is 10.5 Å². The van der Waals surface area contributed by atoms with Gasteiger partial charge in [-0.25, -0.2) is 9.36 Å². The van der Waals surface area contributed by atoms with Crippen LogP contribution in [0.4, 0.5) is 5.82 Å². The number of nitrogen functional groups attached to an aromatic ring is 1. The van der Waals surface area contributed by atoms with Crippen molar-refractivity contribution in [2.24, 2.45) is 0 Å². The van der Waals surface area contributed by atoms with Crippen molar-refractivity contribution >= 4 is 5.82 Å². The van der Waals surface area contributed by atoms with Crippen LogP contribution < -0.4 is 16.2 Å². The predicted octanol–water partition coefficient (Wildman–Crippen LogP) is 0.750. The molecule has 2 N–H and O–H groups in total. The number of para-hydroxylation sites is 1. The van der Waals surface area contributed by atoms with E-state index in [1.165, 1.54) is 4.57 Å². The first-order chi connectivity index (χ1) is 8.27. The van der Waals surface area contributed by atoms with Gasteiger partial charge in [-0.15, -0.1) is 0 Å². The van der Waals surface area contributed by atoms with Gasteiger partial charge in [0.1, 0.15) is 5.82 Å². The molecule has 0 fully saturated rings. The third-order valence-electron chi connectivity index (χ3n) is 2.80. The van der Waals surface area contributed by atoms with Crippen molar-refractivity contribution in [2.75, 3.05) is 12.3 Å². The number of nitrogens with two attached hydrogens (primary N) is 1. The predicted molar refractivity (Wildman–Crippen MR) is 63.4 cm³/mol. The molecule has 5 heteroatoms. The number of nitrogens with zero attached hydrogens (tertiary/aromatic N) is 2. The molecule has 0 spiro atoms. The van der Waals surface area contributed by atoms with E-state index in [9.17, 15) is 4.79 Å². The summed E-state index contributed by atoms with van der Waals surface area (Å²) in [4.78, 5) is 15.8. The number of hydrogen-bond donors (Lipinski definition) is 1. The van der Waals surface area contributed by atoms with Crippen LogP contribution in [0.2, 0.25) is 0 Å². The van der Waals surface area contributed by atoms with Crippen LogP contribution in [0.1, 0.15) is 5.56 Å². The van der Waals surface area contributed by atoms with Crippen molar-refractivity contribution < 1.29 is 4.74 Å². The van der Waals surface area contributed by atoms with E-state index in [1.807, 2.05) is 30.3 Å². The van der Waals surface area contributed by atoms with Crippen LogP contribution in [0.5, 0.6) is 5.88 Å². The van der Waals surface area contributed by atoms with Gasteiger partial charge in [0.2, 0.25) is 5.88 Å². The van der Waals surface area contributed by atoms with Crippen LogP contribution in [0.15, 0.2) is 35.1 Å². The maximum atomic E-state index is 11.9. The highest BCUT2D eigenvalue weighted by Gasteiger charge is 2.21. The summed E-state index contributed by atoms with van der Waals surface area (Å²) in [5, 5.41) is 0. The Morgan fingerprint density at radius 3 is 2.82 bits per heavy atom. The van der Waals surface area contributed by atoms with Gasteiger partial charge >= 0.3 is 5.69 Å². The molecule has 17 heavy (non-hydrogen) atoms. The van der Waals surface area contributed by atoms with Gasteiger partial charge in [-0.05, 0) is 12.1 Å². The molecule has 1 aliphatic rings. The first kappa shape index (κ1) is 9.89. The molecule has 0 unspecified atom stereocenters. The molecule has 0 bridgehead atoms. The fourth-order valence-corrected chi connectivity index (χ4v) is 1.98. The standard InChI is InChI=1S/C12H11N3O2/c13-10-9-6-7-17-11(9)14-12(16)15(10)8-4-2-1-3-5-8/h1-5H,6-7,13H2. The lowest BCUT2D eigenvalue weighted by molar-refractivity contribution is 0.343. The third-order valence-corrected chi connectivity index (χ3v) is 2.80. The summed E-state index contributed by atoms with van der Waals surface area (Å²) >= 11 is 0. The van der Waals surface area contributed by atoms with E-state index in [2.05, 4.69) is 4.98 Å². The molecule has 1 aromatic carbocycles. The molecule has 0 saturated heterocycles. The minimum atomic E-state index is -0.408. The average molecular weight is 229 g/mol. The fourth-order valence-electron chi connectivity index (χ4n) is 1.98. The Morgan fingerprint density at radius 2 is 2.06 bits per heavy atom. The summed E-state index contributed by atoms with van der Waals surface area (Å²) in [6.45, 7) is 0.533. The van der Waals surface area contributed by atoms with Gasteiger partial charge in [-0.3, -0.25) is 0 Å². The Labute approximate surface area is 97.5 Å². The van der Waals surface area contributed by atoms with Crippen molar-refractivity contribution in [2.45, 2.75) is 6.42 Å². The first-order valence-corrected chi connectivity index (χ1v) is 5.37. The highest BCUT2D eigenvalue weighted by molar-refractivity contribution is 5.52. The number of ether oxygens (including phenoxy) is 1. The van der Waals surface area contributed by atoms with Crippen LogP contribution >= 0.6 is 0 Å². The lowest BCUT2D eigenvalue weighted by atomic mass is 10.2. The first-order valence-electron chi connectivity index (χ1n) is 5.37. The molecule has 0 radical (unpaired) electrons. The lowest BCUT2D eigenvalue weighted by Crippen LogP contribution is -2.25. The minimum Gasteiger partial charge on any atom is -0.477 e. The normalized spacial score (nSPS) is 13.2. The summed E-state index contributed by atoms with van der Waals surface area (Å²) in [7, 11) is 0. The molecule has 0 amide bonds. The van der Waals surface area contributed by atoms with E-state index in [0.717, 1.165) is 11.3 Å². The van der Waals surface area contributed by atoms with Crippen molar-refractivity contribution in [1.29, 1.82) is 0 Å². The Morgan fingerprint density at radius 1 is 1.29 bits per heavy atom. The molecule has 2 aromatic rings. The van der Waals surface area contributed by atoms with Crippen molar-refractivity contribution in [3.63, 3.8) is 0 Å². The van der Waals surface area contributed by atoms with Gasteiger partial charge in [0, 0.05) is 6.42 Å². The number of hydrogen-bond acceptors (Lipinski definition) is 4. The second kappa shape index (κ2) is 3.62. The van der Waals surface area contributed by atoms with Gasteiger partial charge in [0.05, 0.1) is 17.9 Å². The molecule has 0 saturated carbocycles. The summed E-state index contributed by atoms with van der Waals surface area (Å²) in [5.74, 6) is 0.795. The maximum Gasteiger partial charge on any atom is 0.357 e. The second-order valence-corrected chi connectivity index (χ2v) is 3.83. The van der Waals surface area contributed by atoms with Gasteiger partial charge in [0.15, 0.2) is 0 Å². The summed E-state index contributed by atoms with van der Waals surface area (Å²) in [5.41, 5.74) is 7.14. The number of rotatable bonds is 1. The van der Waals surface area contributed by atoms with Gasteiger partial charge in [0.25, 0.3) is 0 Å². The Hall–Kier alpha value is -2.30. The fraction of sp³-hybridized carbons (Fsp3) is 0.167. The van der Waals surface area contributed by atoms with Crippen molar-refractivity contribution in [1.82, 2.24) is 9.55 Å². The van der Waals surface area contributed by atoms with E-state index >= 15 is 0 Å². The van der Waals surface area contributed by atoms with E-state index in [-0.39, 0.29) is 0 Å². The van der Waals surface area contributed by atoms with Crippen molar-refractivity contribution in [3.8, 4) is 11.6 Å². The Bertz CT molecular complexity index is 620. The smallest absolute Gasteiger partial charge is 0.357 e. The van der Waals surface area contributed by atoms with Crippen LogP contribution in [0.3, 0.4) is 0 Å². The molecule has 2 heterocycles. The quantitative estimate of drug-likeness (QED) is 0.783. The van der Waals surface area contributed by atoms with Crippen LogP contribution in [0, 0.1) is 0 Å². The minimum absolute atomic E-state index is 0.375. The number of aromatic nitrogens is 2. The van der Waals surface area contributed by atoms with E-state index in [1.54, 1.807) is 0 Å². The molecule has 0 atom stereocenters. The second-order valence-electron chi connectivity index (χ2n) is 3.83. The largest absolute Gasteiger partial charge is 0.477 e. The van der Waals surface area contributed by atoms with E-state index in [0.29, 0.717) is 24.7 Å². The van der Waals surface area contributed by atoms with Crippen LogP contribution in [-0.2, 0) is 6.42 Å². The van der Waals surface area contributed by atoms with Gasteiger partial charge < -0.3 is 10.5 Å². The highest BCUT2D eigenvalue weighted by atomic mass is 16.5. The molecular weight excluding hydrogens is 218 g/mol. The molecule has 86 valence electrons. The monoisotopic (exact) mass is 229 g/mol. The lowest BCUT2D eigenvalue weighted by Gasteiger charge is -2.10. The molecule has 1 aromatic heterocycles. The number of fused-ring (bicyclic) bond motifs is 1. The Kier molecular flexibility index (Phi) is 2.11. The topological polar surface area (TPSA) is 70.1 Å². The van der Waals surface area contributed by atoms with Crippen LogP contribution in [0.25, 0.3) is 5.69 Å².